The molecule has 0 aliphatic carbocycles. The van der Waals surface area contributed by atoms with E-state index in [1.54, 1.807) is 12.1 Å². The van der Waals surface area contributed by atoms with Crippen LogP contribution in [-0.4, -0.2) is 50.1 Å². The first kappa shape index (κ1) is 14.6. The van der Waals surface area contributed by atoms with Crippen LogP contribution in [0.5, 0.6) is 0 Å². The Bertz CT molecular complexity index is 759. The number of halogens is 1. The zero-order valence-corrected chi connectivity index (χ0v) is 13.2. The number of nitrogens with zero attached hydrogens (tertiary/aromatic N) is 3. The standard InChI is InChI=1S/C13H16ClN3O3S/c1-21(18,19)17-6-2-5-16(7-8-17)13-15-11-4-3-10(14)9-12(11)20-13/h3-4,9H,2,5-8H2,1H3. The minimum Gasteiger partial charge on any atom is -0.423 e. The van der Waals surface area contributed by atoms with E-state index < -0.39 is 10.0 Å². The van der Waals surface area contributed by atoms with E-state index >= 15 is 0 Å². The van der Waals surface area contributed by atoms with Crippen LogP contribution in [0.25, 0.3) is 11.1 Å². The van der Waals surface area contributed by atoms with Crippen LogP contribution < -0.4 is 4.90 Å². The summed E-state index contributed by atoms with van der Waals surface area (Å²) in [4.78, 5) is 6.41. The molecule has 8 heteroatoms. The van der Waals surface area contributed by atoms with Crippen molar-refractivity contribution in [3.05, 3.63) is 23.2 Å². The molecular formula is C13H16ClN3O3S. The molecule has 0 bridgehead atoms. The van der Waals surface area contributed by atoms with Crippen molar-refractivity contribution in [3.8, 4) is 0 Å². The SMILES string of the molecule is CS(=O)(=O)N1CCCN(c2nc3ccc(Cl)cc3o2)CC1. The van der Waals surface area contributed by atoms with Gasteiger partial charge in [0.25, 0.3) is 6.01 Å². The summed E-state index contributed by atoms with van der Waals surface area (Å²) in [6.45, 7) is 2.25. The molecule has 1 aromatic heterocycles. The lowest BCUT2D eigenvalue weighted by molar-refractivity contribution is 0.437. The lowest BCUT2D eigenvalue weighted by Crippen LogP contribution is -2.34. The zero-order valence-electron chi connectivity index (χ0n) is 11.6. The Balaban J connectivity index is 1.82. The molecule has 1 aliphatic rings. The molecule has 114 valence electrons. The average Bonchev–Trinajstić information content (AvgIpc) is 2.65. The Kier molecular flexibility index (Phi) is 3.81. The molecule has 3 rings (SSSR count). The summed E-state index contributed by atoms with van der Waals surface area (Å²) in [6.07, 6.45) is 1.98. The molecule has 0 unspecified atom stereocenters. The Hall–Kier alpha value is -1.31. The predicted octanol–water partition coefficient (Wildman–Crippen LogP) is 1.95. The van der Waals surface area contributed by atoms with Crippen molar-refractivity contribution in [1.82, 2.24) is 9.29 Å². The minimum absolute atomic E-state index is 0.443. The first-order valence-electron chi connectivity index (χ1n) is 6.70. The average molecular weight is 330 g/mol. The molecule has 1 aliphatic heterocycles. The topological polar surface area (TPSA) is 66.7 Å². The van der Waals surface area contributed by atoms with E-state index in [4.69, 9.17) is 16.0 Å². The highest BCUT2D eigenvalue weighted by Crippen LogP contribution is 2.25. The lowest BCUT2D eigenvalue weighted by Gasteiger charge is -2.18. The van der Waals surface area contributed by atoms with Gasteiger partial charge in [0.15, 0.2) is 5.58 Å². The third-order valence-corrected chi connectivity index (χ3v) is 5.07. The van der Waals surface area contributed by atoms with Crippen molar-refractivity contribution in [1.29, 1.82) is 0 Å². The van der Waals surface area contributed by atoms with Gasteiger partial charge >= 0.3 is 0 Å². The van der Waals surface area contributed by atoms with Gasteiger partial charge in [-0.15, -0.1) is 0 Å². The van der Waals surface area contributed by atoms with E-state index in [9.17, 15) is 8.42 Å². The molecule has 0 atom stereocenters. The van der Waals surface area contributed by atoms with Crippen molar-refractivity contribution in [2.45, 2.75) is 6.42 Å². The molecule has 0 amide bonds. The quantitative estimate of drug-likeness (QED) is 0.842. The molecule has 2 heterocycles. The molecule has 1 saturated heterocycles. The minimum atomic E-state index is -3.15. The second-order valence-electron chi connectivity index (χ2n) is 5.11. The molecule has 21 heavy (non-hydrogen) atoms. The maximum Gasteiger partial charge on any atom is 0.298 e. The highest BCUT2D eigenvalue weighted by atomic mass is 35.5. The van der Waals surface area contributed by atoms with Gasteiger partial charge in [-0.05, 0) is 18.6 Å². The van der Waals surface area contributed by atoms with Crippen LogP contribution in [0, 0.1) is 0 Å². The van der Waals surface area contributed by atoms with E-state index in [1.165, 1.54) is 10.6 Å². The Morgan fingerprint density at radius 2 is 2.05 bits per heavy atom. The normalized spacial score (nSPS) is 18.1. The van der Waals surface area contributed by atoms with E-state index in [1.807, 2.05) is 11.0 Å². The largest absolute Gasteiger partial charge is 0.423 e. The van der Waals surface area contributed by atoms with Gasteiger partial charge in [0.1, 0.15) is 5.52 Å². The Morgan fingerprint density at radius 3 is 2.81 bits per heavy atom. The number of hydrogen-bond acceptors (Lipinski definition) is 5. The van der Waals surface area contributed by atoms with Crippen molar-refractivity contribution in [3.63, 3.8) is 0 Å². The Labute approximate surface area is 128 Å². The third-order valence-electron chi connectivity index (χ3n) is 3.53. The van der Waals surface area contributed by atoms with Crippen molar-refractivity contribution in [2.24, 2.45) is 0 Å². The third kappa shape index (κ3) is 3.14. The predicted molar refractivity (Wildman–Crippen MR) is 82.3 cm³/mol. The zero-order chi connectivity index (χ0) is 15.0. The maximum atomic E-state index is 11.6. The molecular weight excluding hydrogens is 314 g/mol. The summed E-state index contributed by atoms with van der Waals surface area (Å²) in [7, 11) is -3.15. The summed E-state index contributed by atoms with van der Waals surface area (Å²) >= 11 is 5.93. The van der Waals surface area contributed by atoms with Crippen LogP contribution in [0.4, 0.5) is 6.01 Å². The van der Waals surface area contributed by atoms with Gasteiger partial charge < -0.3 is 9.32 Å². The number of hydrogen-bond donors (Lipinski definition) is 0. The molecule has 1 aromatic carbocycles. The Morgan fingerprint density at radius 1 is 1.24 bits per heavy atom. The fourth-order valence-corrected chi connectivity index (χ4v) is 3.47. The summed E-state index contributed by atoms with van der Waals surface area (Å²) in [5.74, 6) is 0. The number of sulfonamides is 1. The second kappa shape index (κ2) is 5.47. The molecule has 0 N–H and O–H groups in total. The number of fused-ring (bicyclic) bond motifs is 1. The summed E-state index contributed by atoms with van der Waals surface area (Å²) in [5.41, 5.74) is 1.39. The maximum absolute atomic E-state index is 11.6. The van der Waals surface area contributed by atoms with Crippen LogP contribution in [0.2, 0.25) is 5.02 Å². The van der Waals surface area contributed by atoms with E-state index in [-0.39, 0.29) is 0 Å². The van der Waals surface area contributed by atoms with Gasteiger partial charge in [-0.2, -0.15) is 4.98 Å². The second-order valence-corrected chi connectivity index (χ2v) is 7.53. The van der Waals surface area contributed by atoms with Crippen molar-refractivity contribution in [2.75, 3.05) is 37.3 Å². The van der Waals surface area contributed by atoms with Gasteiger partial charge in [0, 0.05) is 37.3 Å². The number of benzene rings is 1. The van der Waals surface area contributed by atoms with Crippen LogP contribution in [0.3, 0.4) is 0 Å². The monoisotopic (exact) mass is 329 g/mol. The van der Waals surface area contributed by atoms with Crippen LogP contribution >= 0.6 is 11.6 Å². The summed E-state index contributed by atoms with van der Waals surface area (Å²) in [6, 6.07) is 5.83. The van der Waals surface area contributed by atoms with Gasteiger partial charge in [0.05, 0.1) is 6.26 Å². The first-order chi connectivity index (χ1) is 9.93. The molecule has 0 saturated carbocycles. The van der Waals surface area contributed by atoms with Crippen molar-refractivity contribution < 1.29 is 12.8 Å². The summed E-state index contributed by atoms with van der Waals surface area (Å²) in [5, 5.41) is 0.601. The number of anilines is 1. The molecule has 0 spiro atoms. The van der Waals surface area contributed by atoms with E-state index in [0.29, 0.717) is 42.8 Å². The number of rotatable bonds is 2. The number of aromatic nitrogens is 1. The molecule has 2 aromatic rings. The molecule has 1 fully saturated rings. The highest BCUT2D eigenvalue weighted by Gasteiger charge is 2.23. The first-order valence-corrected chi connectivity index (χ1v) is 8.92. The molecule has 0 radical (unpaired) electrons. The van der Waals surface area contributed by atoms with Gasteiger partial charge in [-0.3, -0.25) is 0 Å². The lowest BCUT2D eigenvalue weighted by atomic mass is 10.3. The van der Waals surface area contributed by atoms with Crippen LogP contribution in [-0.2, 0) is 10.0 Å². The summed E-state index contributed by atoms with van der Waals surface area (Å²) < 4.78 is 30.4. The molecule has 6 nitrogen and oxygen atoms in total. The smallest absolute Gasteiger partial charge is 0.298 e. The van der Waals surface area contributed by atoms with E-state index in [2.05, 4.69) is 4.98 Å². The van der Waals surface area contributed by atoms with Gasteiger partial charge in [-0.1, -0.05) is 11.6 Å². The van der Waals surface area contributed by atoms with Crippen molar-refractivity contribution >= 4 is 38.7 Å². The van der Waals surface area contributed by atoms with Gasteiger partial charge in [0.2, 0.25) is 10.0 Å². The van der Waals surface area contributed by atoms with Gasteiger partial charge in [-0.25, -0.2) is 12.7 Å². The fourth-order valence-electron chi connectivity index (χ4n) is 2.44. The van der Waals surface area contributed by atoms with Crippen LogP contribution in [0.1, 0.15) is 6.42 Å². The highest BCUT2D eigenvalue weighted by molar-refractivity contribution is 7.88. The van der Waals surface area contributed by atoms with Crippen LogP contribution in [0.15, 0.2) is 22.6 Å². The fraction of sp³-hybridized carbons (Fsp3) is 0.462. The van der Waals surface area contributed by atoms with E-state index in [0.717, 1.165) is 11.9 Å². The number of oxazole rings is 1.